The number of thiophene rings is 1. The van der Waals surface area contributed by atoms with Gasteiger partial charge in [-0.2, -0.15) is 0 Å². The average Bonchev–Trinajstić information content (AvgIpc) is 3.16. The number of benzene rings is 2. The maximum absolute atomic E-state index is 13.0. The van der Waals surface area contributed by atoms with Crippen molar-refractivity contribution in [1.29, 1.82) is 0 Å². The molecule has 1 aromatic heterocycles. The van der Waals surface area contributed by atoms with Crippen LogP contribution in [0, 0.1) is 0 Å². The number of nitrogens with zero attached hydrogens (tertiary/aromatic N) is 1. The number of halogens is 1. The van der Waals surface area contributed by atoms with E-state index in [0.29, 0.717) is 5.02 Å². The van der Waals surface area contributed by atoms with Crippen molar-refractivity contribution in [2.75, 3.05) is 7.11 Å². The molecule has 0 fully saturated rings. The third-order valence-corrected chi connectivity index (χ3v) is 7.59. The molecule has 0 bridgehead atoms. The van der Waals surface area contributed by atoms with Gasteiger partial charge in [0.05, 0.1) is 18.6 Å². The summed E-state index contributed by atoms with van der Waals surface area (Å²) in [5.74, 6) is 0.238. The lowest BCUT2D eigenvalue weighted by molar-refractivity contribution is 0.363. The Morgan fingerprint density at radius 1 is 1.14 bits per heavy atom. The normalized spacial score (nSPS) is 13.4. The maximum atomic E-state index is 13.0. The van der Waals surface area contributed by atoms with Crippen LogP contribution in [-0.2, 0) is 22.9 Å². The number of sulfone groups is 1. The first kappa shape index (κ1) is 19.1. The fourth-order valence-corrected chi connectivity index (χ4v) is 5.61. The zero-order valence-electron chi connectivity index (χ0n) is 15.1. The van der Waals surface area contributed by atoms with E-state index in [2.05, 4.69) is 28.6 Å². The molecule has 0 aliphatic carbocycles. The van der Waals surface area contributed by atoms with Crippen LogP contribution in [0.1, 0.15) is 16.0 Å². The summed E-state index contributed by atoms with van der Waals surface area (Å²) in [5, 5.41) is 2.53. The van der Waals surface area contributed by atoms with E-state index in [4.69, 9.17) is 16.3 Å². The van der Waals surface area contributed by atoms with Crippen LogP contribution >= 0.6 is 22.9 Å². The lowest BCUT2D eigenvalue weighted by Crippen LogP contribution is -2.18. The molecule has 4 rings (SSSR count). The molecular weight excluding hydrogens is 414 g/mol. The highest BCUT2D eigenvalue weighted by molar-refractivity contribution is 7.91. The van der Waals surface area contributed by atoms with Gasteiger partial charge in [-0.15, -0.1) is 11.3 Å². The molecule has 0 radical (unpaired) electrons. The molecular formula is C21H18ClNO3S2. The number of fused-ring (bicyclic) bond motifs is 1. The molecule has 0 N–H and O–H groups in total. The van der Waals surface area contributed by atoms with E-state index in [1.54, 1.807) is 29.5 Å². The summed E-state index contributed by atoms with van der Waals surface area (Å²) in [4.78, 5) is 3.89. The van der Waals surface area contributed by atoms with Crippen molar-refractivity contribution in [3.8, 4) is 5.75 Å². The Bertz CT molecular complexity index is 1130. The Morgan fingerprint density at radius 2 is 1.93 bits per heavy atom. The molecule has 2 heterocycles. The minimum Gasteiger partial charge on any atom is -0.495 e. The lowest BCUT2D eigenvalue weighted by atomic mass is 10.1. The molecule has 144 valence electrons. The van der Waals surface area contributed by atoms with Crippen LogP contribution < -0.4 is 4.74 Å². The summed E-state index contributed by atoms with van der Waals surface area (Å²) in [6, 6.07) is 13.6. The molecule has 3 aromatic rings. The molecule has 0 saturated heterocycles. The molecule has 28 heavy (non-hydrogen) atoms. The first-order chi connectivity index (χ1) is 13.5. The molecule has 1 aliphatic heterocycles. The third-order valence-electron chi connectivity index (χ3n) is 4.63. The molecule has 7 heteroatoms. The van der Waals surface area contributed by atoms with Crippen LogP contribution in [0.3, 0.4) is 0 Å². The number of rotatable bonds is 5. The highest BCUT2D eigenvalue weighted by Crippen LogP contribution is 2.32. The summed E-state index contributed by atoms with van der Waals surface area (Å²) in [6.07, 6.45) is 4.19. The first-order valence-electron chi connectivity index (χ1n) is 8.63. The Kier molecular flexibility index (Phi) is 5.19. The van der Waals surface area contributed by atoms with Gasteiger partial charge in [0.15, 0.2) is 0 Å². The largest absolute Gasteiger partial charge is 0.495 e. The number of hydrogen-bond donors (Lipinski definition) is 0. The van der Waals surface area contributed by atoms with Crippen molar-refractivity contribution in [2.24, 2.45) is 0 Å². The van der Waals surface area contributed by atoms with E-state index in [0.717, 1.165) is 18.7 Å². The smallest absolute Gasteiger partial charge is 0.210 e. The van der Waals surface area contributed by atoms with E-state index in [9.17, 15) is 8.42 Å². The second-order valence-corrected chi connectivity index (χ2v) is 9.82. The summed E-state index contributed by atoms with van der Waals surface area (Å²) in [5.41, 5.74) is 2.33. The minimum atomic E-state index is -3.69. The zero-order chi connectivity index (χ0) is 19.7. The van der Waals surface area contributed by atoms with Crippen molar-refractivity contribution < 1.29 is 13.2 Å². The molecule has 0 atom stereocenters. The highest BCUT2D eigenvalue weighted by atomic mass is 35.5. The second kappa shape index (κ2) is 7.62. The number of methoxy groups -OCH3 is 1. The summed E-state index contributed by atoms with van der Waals surface area (Å²) in [7, 11) is -2.26. The average molecular weight is 432 g/mol. The SMILES string of the molecule is COc1cc(Cl)ccc1S(=O)(=O)c1ccc(CN2C=Cc3ccsc3C2)cc1. The third kappa shape index (κ3) is 3.68. The monoisotopic (exact) mass is 431 g/mol. The van der Waals surface area contributed by atoms with E-state index in [1.807, 2.05) is 12.1 Å². The van der Waals surface area contributed by atoms with Gasteiger partial charge in [0.2, 0.25) is 9.84 Å². The van der Waals surface area contributed by atoms with Gasteiger partial charge in [-0.05, 0) is 52.9 Å². The van der Waals surface area contributed by atoms with E-state index in [1.165, 1.54) is 29.7 Å². The van der Waals surface area contributed by atoms with Crippen LogP contribution in [0.15, 0.2) is 69.9 Å². The summed E-state index contributed by atoms with van der Waals surface area (Å²) in [6.45, 7) is 1.59. The van der Waals surface area contributed by atoms with Crippen LogP contribution in [0.5, 0.6) is 5.75 Å². The van der Waals surface area contributed by atoms with Gasteiger partial charge in [-0.25, -0.2) is 8.42 Å². The first-order valence-corrected chi connectivity index (χ1v) is 11.4. The highest BCUT2D eigenvalue weighted by Gasteiger charge is 2.22. The standard InChI is InChI=1S/C21H18ClNO3S2/c1-26-19-12-17(22)4-7-21(19)28(24,25)18-5-2-15(3-6-18)13-23-10-8-16-9-11-27-20(16)14-23/h2-12H,13-14H2,1H3. The fourth-order valence-electron chi connectivity index (χ4n) is 3.16. The van der Waals surface area contributed by atoms with E-state index >= 15 is 0 Å². The topological polar surface area (TPSA) is 46.6 Å². The van der Waals surface area contributed by atoms with Crippen LogP contribution in [-0.4, -0.2) is 20.4 Å². The van der Waals surface area contributed by atoms with Gasteiger partial charge in [-0.1, -0.05) is 23.7 Å². The van der Waals surface area contributed by atoms with Crippen molar-refractivity contribution >= 4 is 38.9 Å². The molecule has 1 aliphatic rings. The zero-order valence-corrected chi connectivity index (χ0v) is 17.5. The van der Waals surface area contributed by atoms with Gasteiger partial charge in [0.1, 0.15) is 10.6 Å². The molecule has 2 aromatic carbocycles. The Hall–Kier alpha value is -2.28. The summed E-state index contributed by atoms with van der Waals surface area (Å²) < 4.78 is 31.2. The maximum Gasteiger partial charge on any atom is 0.210 e. The number of ether oxygens (including phenoxy) is 1. The Balaban J connectivity index is 1.55. The molecule has 0 amide bonds. The Morgan fingerprint density at radius 3 is 2.68 bits per heavy atom. The van der Waals surface area contributed by atoms with Crippen molar-refractivity contribution in [2.45, 2.75) is 22.9 Å². The van der Waals surface area contributed by atoms with Gasteiger partial charge >= 0.3 is 0 Å². The predicted molar refractivity (Wildman–Crippen MR) is 112 cm³/mol. The second-order valence-electron chi connectivity index (χ2n) is 6.46. The lowest BCUT2D eigenvalue weighted by Gasteiger charge is -2.23. The van der Waals surface area contributed by atoms with E-state index < -0.39 is 9.84 Å². The van der Waals surface area contributed by atoms with Crippen molar-refractivity contribution in [1.82, 2.24) is 4.90 Å². The predicted octanol–water partition coefficient (Wildman–Crippen LogP) is 5.23. The van der Waals surface area contributed by atoms with Crippen molar-refractivity contribution in [3.05, 3.63) is 81.1 Å². The minimum absolute atomic E-state index is 0.108. The molecule has 0 unspecified atom stereocenters. The van der Waals surface area contributed by atoms with Gasteiger partial charge in [-0.3, -0.25) is 0 Å². The molecule has 4 nitrogen and oxygen atoms in total. The Labute approximate surface area is 173 Å². The van der Waals surface area contributed by atoms with Gasteiger partial charge in [0.25, 0.3) is 0 Å². The van der Waals surface area contributed by atoms with Crippen LogP contribution in [0.4, 0.5) is 0 Å². The fraction of sp³-hybridized carbons (Fsp3) is 0.143. The molecule has 0 saturated carbocycles. The number of hydrogen-bond acceptors (Lipinski definition) is 5. The van der Waals surface area contributed by atoms with Gasteiger partial charge in [0, 0.05) is 28.7 Å². The van der Waals surface area contributed by atoms with Crippen LogP contribution in [0.25, 0.3) is 6.08 Å². The quantitative estimate of drug-likeness (QED) is 0.555. The summed E-state index contributed by atoms with van der Waals surface area (Å²) >= 11 is 7.70. The van der Waals surface area contributed by atoms with Crippen LogP contribution in [0.2, 0.25) is 5.02 Å². The van der Waals surface area contributed by atoms with Crippen molar-refractivity contribution in [3.63, 3.8) is 0 Å². The van der Waals surface area contributed by atoms with E-state index in [-0.39, 0.29) is 15.5 Å². The van der Waals surface area contributed by atoms with Gasteiger partial charge < -0.3 is 9.64 Å². The molecule has 0 spiro atoms.